The van der Waals surface area contributed by atoms with Crippen molar-refractivity contribution in [3.05, 3.63) is 23.8 Å². The molecule has 4 fully saturated rings. The van der Waals surface area contributed by atoms with E-state index in [0.717, 1.165) is 31.6 Å². The van der Waals surface area contributed by atoms with E-state index in [2.05, 4.69) is 14.9 Å². The van der Waals surface area contributed by atoms with Crippen LogP contribution in [-0.4, -0.2) is 57.3 Å². The Morgan fingerprint density at radius 3 is 2.56 bits per heavy atom. The molecule has 2 bridgehead atoms. The molecule has 134 valence electrons. The summed E-state index contributed by atoms with van der Waals surface area (Å²) in [6, 6.07) is 0.173. The number of piperidine rings is 1. The number of amides is 2. The summed E-state index contributed by atoms with van der Waals surface area (Å²) in [6.07, 6.45) is 9.68. The summed E-state index contributed by atoms with van der Waals surface area (Å²) in [5.74, 6) is 1.59. The predicted octanol–water partition coefficient (Wildman–Crippen LogP) is 1.90. The Hall–Kier alpha value is -1.98. The molecule has 0 N–H and O–H groups in total. The van der Waals surface area contributed by atoms with E-state index in [0.29, 0.717) is 24.6 Å². The summed E-state index contributed by atoms with van der Waals surface area (Å²) in [7, 11) is 0. The molecular formula is C19H26N4O2. The topological polar surface area (TPSA) is 66.4 Å². The first kappa shape index (κ1) is 16.5. The Bertz CT molecular complexity index is 656. The standard InChI is InChI=1S/C19H26N4O2/c1-2-17-20-8-15(9-21-17)18(24)22-11-14-6-7-16(12-22)23(19(14)25)10-13-4-3-5-13/h8-9,13-14,16H,2-7,10-12H2,1H3/t14-,16+/m0/s1. The van der Waals surface area contributed by atoms with E-state index < -0.39 is 0 Å². The number of nitrogens with zero attached hydrogens (tertiary/aromatic N) is 4. The van der Waals surface area contributed by atoms with Gasteiger partial charge in [-0.15, -0.1) is 0 Å². The van der Waals surface area contributed by atoms with Crippen molar-refractivity contribution in [3.8, 4) is 0 Å². The molecule has 6 heteroatoms. The van der Waals surface area contributed by atoms with Crippen LogP contribution in [-0.2, 0) is 11.2 Å². The highest BCUT2D eigenvalue weighted by atomic mass is 16.2. The largest absolute Gasteiger partial charge is 0.337 e. The molecule has 1 aromatic rings. The first-order valence-corrected chi connectivity index (χ1v) is 9.56. The lowest BCUT2D eigenvalue weighted by Gasteiger charge is -2.40. The zero-order valence-corrected chi connectivity index (χ0v) is 14.9. The van der Waals surface area contributed by atoms with Crippen LogP contribution >= 0.6 is 0 Å². The third-order valence-electron chi connectivity index (χ3n) is 6.03. The first-order chi connectivity index (χ1) is 12.2. The van der Waals surface area contributed by atoms with E-state index in [1.165, 1.54) is 19.3 Å². The molecule has 6 nitrogen and oxygen atoms in total. The van der Waals surface area contributed by atoms with Crippen molar-refractivity contribution in [1.82, 2.24) is 19.8 Å². The third-order valence-corrected chi connectivity index (χ3v) is 6.03. The average Bonchev–Trinajstić information content (AvgIpc) is 2.89. The van der Waals surface area contributed by atoms with Crippen LogP contribution in [0.25, 0.3) is 0 Å². The maximum atomic E-state index is 12.9. The Balaban J connectivity index is 1.50. The summed E-state index contributed by atoms with van der Waals surface area (Å²) in [5, 5.41) is 0. The fourth-order valence-corrected chi connectivity index (χ4v) is 4.23. The molecular weight excluding hydrogens is 316 g/mol. The van der Waals surface area contributed by atoms with E-state index in [9.17, 15) is 9.59 Å². The zero-order chi connectivity index (χ0) is 17.4. The Morgan fingerprint density at radius 1 is 1.16 bits per heavy atom. The lowest BCUT2D eigenvalue weighted by atomic mass is 9.83. The van der Waals surface area contributed by atoms with Gasteiger partial charge in [0.05, 0.1) is 11.5 Å². The van der Waals surface area contributed by atoms with Crippen LogP contribution < -0.4 is 0 Å². The maximum Gasteiger partial charge on any atom is 0.257 e. The SMILES string of the molecule is CCc1ncc(C(=O)N2C[C@@H]3CC[C@H](C2)N(CC2CCC2)C3=O)cn1. The van der Waals surface area contributed by atoms with Gasteiger partial charge in [0.2, 0.25) is 5.91 Å². The molecule has 1 aliphatic carbocycles. The van der Waals surface area contributed by atoms with Crippen molar-refractivity contribution in [1.29, 1.82) is 0 Å². The number of carbonyl (C=O) groups excluding carboxylic acids is 2. The Kier molecular flexibility index (Phi) is 4.44. The number of aryl methyl sites for hydroxylation is 1. The quantitative estimate of drug-likeness (QED) is 0.838. The van der Waals surface area contributed by atoms with Gasteiger partial charge in [-0.3, -0.25) is 9.59 Å². The number of carbonyl (C=O) groups is 2. The van der Waals surface area contributed by atoms with Crippen LogP contribution in [0.1, 0.15) is 55.2 Å². The van der Waals surface area contributed by atoms with Crippen molar-refractivity contribution >= 4 is 11.8 Å². The minimum Gasteiger partial charge on any atom is -0.337 e. The van der Waals surface area contributed by atoms with Gasteiger partial charge in [0, 0.05) is 44.5 Å². The summed E-state index contributed by atoms with van der Waals surface area (Å²) in [5.41, 5.74) is 0.525. The Morgan fingerprint density at radius 2 is 1.92 bits per heavy atom. The summed E-state index contributed by atoms with van der Waals surface area (Å²) in [6.45, 7) is 4.05. The third kappa shape index (κ3) is 3.14. The first-order valence-electron chi connectivity index (χ1n) is 9.56. The van der Waals surface area contributed by atoms with E-state index in [4.69, 9.17) is 0 Å². The molecule has 0 unspecified atom stereocenters. The molecule has 3 saturated heterocycles. The fourth-order valence-electron chi connectivity index (χ4n) is 4.23. The van der Waals surface area contributed by atoms with Crippen molar-refractivity contribution in [3.63, 3.8) is 0 Å². The van der Waals surface area contributed by atoms with E-state index in [-0.39, 0.29) is 23.8 Å². The number of hydrogen-bond donors (Lipinski definition) is 0. The van der Waals surface area contributed by atoms with Gasteiger partial charge in [-0.2, -0.15) is 0 Å². The molecule has 1 saturated carbocycles. The lowest BCUT2D eigenvalue weighted by Crippen LogP contribution is -2.50. The second-order valence-corrected chi connectivity index (χ2v) is 7.67. The number of rotatable bonds is 4. The van der Waals surface area contributed by atoms with Crippen LogP contribution in [0.15, 0.2) is 12.4 Å². The molecule has 0 spiro atoms. The van der Waals surface area contributed by atoms with Crippen LogP contribution in [0.5, 0.6) is 0 Å². The minimum absolute atomic E-state index is 0.0430. The Labute approximate surface area is 148 Å². The van der Waals surface area contributed by atoms with Gasteiger partial charge in [0.15, 0.2) is 0 Å². The van der Waals surface area contributed by atoms with Gasteiger partial charge >= 0.3 is 0 Å². The van der Waals surface area contributed by atoms with Crippen LogP contribution in [0, 0.1) is 11.8 Å². The predicted molar refractivity (Wildman–Crippen MR) is 92.9 cm³/mol. The second kappa shape index (κ2) is 6.73. The summed E-state index contributed by atoms with van der Waals surface area (Å²) < 4.78 is 0. The highest BCUT2D eigenvalue weighted by Crippen LogP contribution is 2.34. The molecule has 4 aliphatic rings. The van der Waals surface area contributed by atoms with Crippen LogP contribution in [0.4, 0.5) is 0 Å². The number of aromatic nitrogens is 2. The molecule has 2 atom stereocenters. The van der Waals surface area contributed by atoms with E-state index in [1.54, 1.807) is 12.4 Å². The van der Waals surface area contributed by atoms with Crippen molar-refractivity contribution < 1.29 is 9.59 Å². The molecule has 0 radical (unpaired) electrons. The van der Waals surface area contributed by atoms with Crippen molar-refractivity contribution in [2.75, 3.05) is 19.6 Å². The van der Waals surface area contributed by atoms with E-state index >= 15 is 0 Å². The highest BCUT2D eigenvalue weighted by molar-refractivity contribution is 5.94. The monoisotopic (exact) mass is 342 g/mol. The molecule has 5 rings (SSSR count). The molecule has 0 aromatic carbocycles. The lowest BCUT2D eigenvalue weighted by molar-refractivity contribution is -0.141. The van der Waals surface area contributed by atoms with Crippen molar-refractivity contribution in [2.24, 2.45) is 11.8 Å². The van der Waals surface area contributed by atoms with Crippen LogP contribution in [0.2, 0.25) is 0 Å². The number of fused-ring (bicyclic) bond motifs is 4. The normalized spacial score (nSPS) is 26.5. The van der Waals surface area contributed by atoms with E-state index in [1.807, 2.05) is 11.8 Å². The van der Waals surface area contributed by atoms with Gasteiger partial charge < -0.3 is 9.80 Å². The zero-order valence-electron chi connectivity index (χ0n) is 14.9. The molecule has 2 amide bonds. The highest BCUT2D eigenvalue weighted by Gasteiger charge is 2.43. The van der Waals surface area contributed by atoms with Gasteiger partial charge in [0.25, 0.3) is 5.91 Å². The smallest absolute Gasteiger partial charge is 0.257 e. The van der Waals surface area contributed by atoms with Gasteiger partial charge in [0.1, 0.15) is 5.82 Å². The molecule has 1 aromatic heterocycles. The summed E-state index contributed by atoms with van der Waals surface area (Å²) >= 11 is 0. The van der Waals surface area contributed by atoms with Gasteiger partial charge in [-0.1, -0.05) is 13.3 Å². The van der Waals surface area contributed by atoms with Crippen LogP contribution in [0.3, 0.4) is 0 Å². The fraction of sp³-hybridized carbons (Fsp3) is 0.684. The maximum absolute atomic E-state index is 12.9. The molecule has 4 heterocycles. The van der Waals surface area contributed by atoms with Gasteiger partial charge in [-0.05, 0) is 31.6 Å². The molecule has 3 aliphatic heterocycles. The minimum atomic E-state index is -0.0437. The second-order valence-electron chi connectivity index (χ2n) is 7.67. The van der Waals surface area contributed by atoms with Gasteiger partial charge in [-0.25, -0.2) is 9.97 Å². The van der Waals surface area contributed by atoms with Crippen molar-refractivity contribution in [2.45, 2.75) is 51.5 Å². The average molecular weight is 342 g/mol. The molecule has 25 heavy (non-hydrogen) atoms. The number of hydrogen-bond acceptors (Lipinski definition) is 4. The summed E-state index contributed by atoms with van der Waals surface area (Å²) in [4.78, 5) is 38.1.